The van der Waals surface area contributed by atoms with Crippen LogP contribution >= 0.6 is 0 Å². The summed E-state index contributed by atoms with van der Waals surface area (Å²) in [5.41, 5.74) is 0. The first-order chi connectivity index (χ1) is 8.07. The molecule has 0 radical (unpaired) electrons. The first-order valence-electron chi connectivity index (χ1n) is 3.81. The summed E-state index contributed by atoms with van der Waals surface area (Å²) in [6.45, 7) is 0. The van der Waals surface area contributed by atoms with Crippen LogP contribution in [0.3, 0.4) is 0 Å². The number of aliphatic carboxylic acids is 4. The third-order valence-corrected chi connectivity index (χ3v) is 0.959. The molecular formula is C8H8O10. The highest BCUT2D eigenvalue weighted by atomic mass is 16.4. The van der Waals surface area contributed by atoms with Gasteiger partial charge in [0.1, 0.15) is 0 Å². The maximum atomic E-state index is 9.65. The summed E-state index contributed by atoms with van der Waals surface area (Å²) in [5, 5.41) is 47.7. The standard InChI is InChI=1S/2C4H4O5/c2*5-2(4(8)9)1-3(6)7/h2*1,5H,(H,6,7)(H,8,9). The molecule has 0 bridgehead atoms. The SMILES string of the molecule is O=C(O)C=C(O)C(=O)O.O=C(O)C=C(O)C(=O)O. The zero-order valence-corrected chi connectivity index (χ0v) is 8.47. The van der Waals surface area contributed by atoms with Crippen molar-refractivity contribution in [3.63, 3.8) is 0 Å². The predicted octanol–water partition coefficient (Wildman–Crippen LogP) is -0.805. The molecule has 6 N–H and O–H groups in total. The molecule has 0 aromatic rings. The van der Waals surface area contributed by atoms with Gasteiger partial charge in [-0.25, -0.2) is 19.2 Å². The maximum Gasteiger partial charge on any atom is 0.371 e. The van der Waals surface area contributed by atoms with Crippen LogP contribution in [0.25, 0.3) is 0 Å². The third kappa shape index (κ3) is 11.0. The topological polar surface area (TPSA) is 190 Å². The van der Waals surface area contributed by atoms with Crippen LogP contribution in [-0.4, -0.2) is 54.5 Å². The van der Waals surface area contributed by atoms with Crippen molar-refractivity contribution in [1.29, 1.82) is 0 Å². The first kappa shape index (κ1) is 17.4. The van der Waals surface area contributed by atoms with E-state index >= 15 is 0 Å². The van der Waals surface area contributed by atoms with Crippen LogP contribution in [0.2, 0.25) is 0 Å². The smallest absolute Gasteiger partial charge is 0.371 e. The van der Waals surface area contributed by atoms with Crippen LogP contribution in [0.4, 0.5) is 0 Å². The number of aliphatic hydroxyl groups is 2. The fraction of sp³-hybridized carbons (Fsp3) is 0. The van der Waals surface area contributed by atoms with Crippen LogP contribution in [0.1, 0.15) is 0 Å². The van der Waals surface area contributed by atoms with E-state index in [0.717, 1.165) is 0 Å². The van der Waals surface area contributed by atoms with Gasteiger partial charge in [-0.05, 0) is 0 Å². The van der Waals surface area contributed by atoms with Crippen molar-refractivity contribution < 1.29 is 49.8 Å². The fourth-order valence-corrected chi connectivity index (χ4v) is 0.357. The van der Waals surface area contributed by atoms with Crippen LogP contribution in [-0.2, 0) is 19.2 Å². The largest absolute Gasteiger partial charge is 0.502 e. The lowest BCUT2D eigenvalue weighted by Gasteiger charge is -1.85. The van der Waals surface area contributed by atoms with E-state index in [-0.39, 0.29) is 12.2 Å². The Kier molecular flexibility index (Phi) is 7.86. The monoisotopic (exact) mass is 264 g/mol. The summed E-state index contributed by atoms with van der Waals surface area (Å²) in [7, 11) is 0. The number of carbonyl (C=O) groups is 4. The Hall–Kier alpha value is -3.04. The van der Waals surface area contributed by atoms with Gasteiger partial charge in [0.05, 0.1) is 12.2 Å². The molecule has 0 aliphatic rings. The van der Waals surface area contributed by atoms with Crippen molar-refractivity contribution >= 4 is 23.9 Å². The van der Waals surface area contributed by atoms with Crippen molar-refractivity contribution in [1.82, 2.24) is 0 Å². The molecule has 0 unspecified atom stereocenters. The Morgan fingerprint density at radius 2 is 0.778 bits per heavy atom. The molecule has 0 atom stereocenters. The van der Waals surface area contributed by atoms with Gasteiger partial charge >= 0.3 is 23.9 Å². The summed E-state index contributed by atoms with van der Waals surface area (Å²) < 4.78 is 0. The summed E-state index contributed by atoms with van der Waals surface area (Å²) >= 11 is 0. The van der Waals surface area contributed by atoms with E-state index in [2.05, 4.69) is 0 Å². The minimum absolute atomic E-state index is 0.197. The van der Waals surface area contributed by atoms with Crippen molar-refractivity contribution in [3.8, 4) is 0 Å². The minimum Gasteiger partial charge on any atom is -0.502 e. The lowest BCUT2D eigenvalue weighted by atomic mass is 10.4. The highest BCUT2D eigenvalue weighted by Gasteiger charge is 2.05. The Morgan fingerprint density at radius 1 is 0.556 bits per heavy atom. The highest BCUT2D eigenvalue weighted by molar-refractivity contribution is 5.92. The van der Waals surface area contributed by atoms with Crippen LogP contribution in [0.15, 0.2) is 23.7 Å². The van der Waals surface area contributed by atoms with Gasteiger partial charge < -0.3 is 30.6 Å². The third-order valence-electron chi connectivity index (χ3n) is 0.959. The molecular weight excluding hydrogens is 256 g/mol. The van der Waals surface area contributed by atoms with Crippen molar-refractivity contribution in [2.24, 2.45) is 0 Å². The van der Waals surface area contributed by atoms with Gasteiger partial charge in [0, 0.05) is 0 Å². The second kappa shape index (κ2) is 8.15. The molecule has 0 spiro atoms. The highest BCUT2D eigenvalue weighted by Crippen LogP contribution is 1.86. The second-order valence-corrected chi connectivity index (χ2v) is 2.35. The lowest BCUT2D eigenvalue weighted by molar-refractivity contribution is -0.137. The van der Waals surface area contributed by atoms with Gasteiger partial charge in [-0.3, -0.25) is 0 Å². The average molecular weight is 264 g/mol. The molecule has 0 rings (SSSR count). The molecule has 0 aliphatic carbocycles. The van der Waals surface area contributed by atoms with Crippen molar-refractivity contribution in [2.45, 2.75) is 0 Å². The van der Waals surface area contributed by atoms with Gasteiger partial charge in [-0.2, -0.15) is 0 Å². The average Bonchev–Trinajstić information content (AvgIpc) is 2.16. The van der Waals surface area contributed by atoms with E-state index in [9.17, 15) is 19.2 Å². The molecule has 0 aliphatic heterocycles. The molecule has 0 saturated heterocycles. The number of aliphatic hydroxyl groups excluding tert-OH is 2. The molecule has 0 aromatic heterocycles. The molecule has 18 heavy (non-hydrogen) atoms. The van der Waals surface area contributed by atoms with Gasteiger partial charge in [-0.15, -0.1) is 0 Å². The van der Waals surface area contributed by atoms with Gasteiger partial charge in [0.15, 0.2) is 0 Å². The number of carboxylic acids is 4. The van der Waals surface area contributed by atoms with E-state index in [0.29, 0.717) is 0 Å². The number of hydrogen-bond donors (Lipinski definition) is 6. The van der Waals surface area contributed by atoms with Crippen molar-refractivity contribution in [2.75, 3.05) is 0 Å². The Labute approximate surface area is 98.3 Å². The molecule has 10 heteroatoms. The zero-order chi connectivity index (χ0) is 14.9. The van der Waals surface area contributed by atoms with Crippen LogP contribution in [0, 0.1) is 0 Å². The predicted molar refractivity (Wildman–Crippen MR) is 52.0 cm³/mol. The molecule has 0 aromatic carbocycles. The van der Waals surface area contributed by atoms with E-state index in [1.54, 1.807) is 0 Å². The van der Waals surface area contributed by atoms with Gasteiger partial charge in [-0.1, -0.05) is 0 Å². The Bertz CT molecular complexity index is 376. The summed E-state index contributed by atoms with van der Waals surface area (Å²) in [4.78, 5) is 38.5. The fourth-order valence-electron chi connectivity index (χ4n) is 0.357. The Balaban J connectivity index is 0. The summed E-state index contributed by atoms with van der Waals surface area (Å²) in [6.07, 6.45) is 0.394. The van der Waals surface area contributed by atoms with E-state index in [1.807, 2.05) is 0 Å². The van der Waals surface area contributed by atoms with E-state index in [4.69, 9.17) is 30.6 Å². The molecule has 0 amide bonds. The summed E-state index contributed by atoms with van der Waals surface area (Å²) in [5.74, 6) is -8.65. The van der Waals surface area contributed by atoms with Crippen LogP contribution in [0.5, 0.6) is 0 Å². The molecule has 10 nitrogen and oxygen atoms in total. The molecule has 100 valence electrons. The minimum atomic E-state index is -1.66. The molecule has 0 saturated carbocycles. The molecule has 0 heterocycles. The number of rotatable bonds is 4. The lowest BCUT2D eigenvalue weighted by Crippen LogP contribution is -2.02. The Morgan fingerprint density at radius 3 is 0.833 bits per heavy atom. The zero-order valence-electron chi connectivity index (χ0n) is 8.47. The second-order valence-electron chi connectivity index (χ2n) is 2.35. The quantitative estimate of drug-likeness (QED) is 0.276. The van der Waals surface area contributed by atoms with Crippen LogP contribution < -0.4 is 0 Å². The van der Waals surface area contributed by atoms with Gasteiger partial charge in [0.25, 0.3) is 0 Å². The van der Waals surface area contributed by atoms with Crippen molar-refractivity contribution in [3.05, 3.63) is 23.7 Å². The molecule has 0 fully saturated rings. The van der Waals surface area contributed by atoms with Gasteiger partial charge in [0.2, 0.25) is 11.5 Å². The van der Waals surface area contributed by atoms with E-state index in [1.165, 1.54) is 0 Å². The maximum absolute atomic E-state index is 9.65. The summed E-state index contributed by atoms with van der Waals surface area (Å²) in [6, 6.07) is 0. The number of carboxylic acid groups (broad SMARTS) is 4. The normalized spacial score (nSPS) is 10.9. The first-order valence-corrected chi connectivity index (χ1v) is 3.81. The van der Waals surface area contributed by atoms with E-state index < -0.39 is 35.4 Å². The number of hydrogen-bond acceptors (Lipinski definition) is 6.